The molecule has 3 amide bonds. The number of nitrogens with one attached hydrogen (secondary N) is 1. The number of aliphatic imine (C=N–C) groups is 1. The minimum atomic E-state index is -1.77. The molecular weight excluding hydrogens is 506 g/mol. The van der Waals surface area contributed by atoms with Crippen LogP contribution in [0.4, 0.5) is 11.4 Å². The van der Waals surface area contributed by atoms with Crippen molar-refractivity contribution >= 4 is 40.9 Å². The van der Waals surface area contributed by atoms with Gasteiger partial charge in [-0.3, -0.25) is 19.4 Å². The number of methoxy groups -OCH3 is 1. The third-order valence-corrected chi connectivity index (χ3v) is 7.14. The fourth-order valence-corrected chi connectivity index (χ4v) is 5.11. The number of carbonyl (C=O) groups is 4. The molecule has 0 spiro atoms. The van der Waals surface area contributed by atoms with Crippen molar-refractivity contribution in [1.82, 2.24) is 4.90 Å². The maximum Gasteiger partial charge on any atom is 0.328 e. The molecule has 0 saturated carbocycles. The zero-order valence-electron chi connectivity index (χ0n) is 21.3. The summed E-state index contributed by atoms with van der Waals surface area (Å²) in [5.74, 6) is -1.79. The molecule has 3 aliphatic rings. The molecule has 2 saturated heterocycles. The van der Waals surface area contributed by atoms with Gasteiger partial charge in [0.2, 0.25) is 0 Å². The standard InChI is InChI=1S/C27H29N5O7/c1-38-27(37)20-6-3-9-32(20)25(35)15-4-2-5-18(13-15)31-10-11-39-22(26(31)36)21(33)24(34)30-17-7-8-19-16(12-17)14-29-23(19)28/h2,4-5,7-8,12-13,20-22,33H,3,6,9-11,14H2,1H3,(H2,28,29)(H,30,34). The quantitative estimate of drug-likeness (QED) is 0.448. The molecular formula is C27H29N5O7. The van der Waals surface area contributed by atoms with E-state index in [9.17, 15) is 24.3 Å². The summed E-state index contributed by atoms with van der Waals surface area (Å²) < 4.78 is 10.3. The van der Waals surface area contributed by atoms with Crippen molar-refractivity contribution in [3.63, 3.8) is 0 Å². The van der Waals surface area contributed by atoms with E-state index in [1.807, 2.05) is 0 Å². The van der Waals surface area contributed by atoms with E-state index in [-0.39, 0.29) is 19.1 Å². The maximum atomic E-state index is 13.3. The van der Waals surface area contributed by atoms with Gasteiger partial charge >= 0.3 is 5.97 Å². The lowest BCUT2D eigenvalue weighted by Gasteiger charge is -2.34. The summed E-state index contributed by atoms with van der Waals surface area (Å²) in [5, 5.41) is 13.3. The average Bonchev–Trinajstić information content (AvgIpc) is 3.59. The summed E-state index contributed by atoms with van der Waals surface area (Å²) >= 11 is 0. The molecule has 204 valence electrons. The van der Waals surface area contributed by atoms with Gasteiger partial charge < -0.3 is 35.4 Å². The molecule has 12 heteroatoms. The number of aliphatic hydroxyl groups excluding tert-OH is 1. The van der Waals surface area contributed by atoms with Crippen LogP contribution >= 0.6 is 0 Å². The van der Waals surface area contributed by atoms with Gasteiger partial charge in [0, 0.05) is 35.6 Å². The molecule has 3 aliphatic heterocycles. The van der Waals surface area contributed by atoms with Gasteiger partial charge in [-0.15, -0.1) is 0 Å². The number of esters is 1. The number of hydrogen-bond donors (Lipinski definition) is 3. The first kappa shape index (κ1) is 26.3. The van der Waals surface area contributed by atoms with E-state index in [0.29, 0.717) is 48.7 Å². The number of hydrogen-bond acceptors (Lipinski definition) is 9. The summed E-state index contributed by atoms with van der Waals surface area (Å²) in [4.78, 5) is 58.4. The van der Waals surface area contributed by atoms with Crippen LogP contribution in [0.3, 0.4) is 0 Å². The molecule has 3 atom stereocenters. The summed E-state index contributed by atoms with van der Waals surface area (Å²) in [6, 6.07) is 10.9. The van der Waals surface area contributed by atoms with Crippen LogP contribution in [0.5, 0.6) is 0 Å². The summed E-state index contributed by atoms with van der Waals surface area (Å²) in [6.07, 6.45) is -2.00. The van der Waals surface area contributed by atoms with Crippen molar-refractivity contribution in [3.8, 4) is 0 Å². The Balaban J connectivity index is 1.28. The fourth-order valence-electron chi connectivity index (χ4n) is 5.11. The van der Waals surface area contributed by atoms with Crippen molar-refractivity contribution in [1.29, 1.82) is 0 Å². The van der Waals surface area contributed by atoms with Crippen LogP contribution in [0.2, 0.25) is 0 Å². The molecule has 4 N–H and O–H groups in total. The van der Waals surface area contributed by atoms with E-state index in [1.165, 1.54) is 16.9 Å². The largest absolute Gasteiger partial charge is 0.467 e. The second kappa shape index (κ2) is 10.8. The second-order valence-electron chi connectivity index (χ2n) is 9.52. The van der Waals surface area contributed by atoms with Crippen molar-refractivity contribution < 1.29 is 33.8 Å². The average molecular weight is 536 g/mol. The molecule has 0 bridgehead atoms. The number of carbonyl (C=O) groups excluding carboxylic acids is 4. The zero-order valence-corrected chi connectivity index (χ0v) is 21.3. The monoisotopic (exact) mass is 535 g/mol. The number of amides is 3. The number of fused-ring (bicyclic) bond motifs is 1. The van der Waals surface area contributed by atoms with Crippen molar-refractivity contribution in [3.05, 3.63) is 59.2 Å². The first-order valence-electron chi connectivity index (χ1n) is 12.6. The molecule has 0 radical (unpaired) electrons. The lowest BCUT2D eigenvalue weighted by Crippen LogP contribution is -2.55. The number of nitrogens with two attached hydrogens (primary N) is 1. The van der Waals surface area contributed by atoms with E-state index in [0.717, 1.165) is 11.1 Å². The van der Waals surface area contributed by atoms with Gasteiger partial charge in [0.25, 0.3) is 17.7 Å². The minimum Gasteiger partial charge on any atom is -0.467 e. The predicted octanol–water partition coefficient (Wildman–Crippen LogP) is 0.415. The zero-order chi connectivity index (χ0) is 27.7. The Morgan fingerprint density at radius 1 is 1.21 bits per heavy atom. The maximum absolute atomic E-state index is 13.3. The highest BCUT2D eigenvalue weighted by atomic mass is 16.5. The van der Waals surface area contributed by atoms with Gasteiger partial charge in [0.1, 0.15) is 11.9 Å². The fraction of sp³-hybridized carbons (Fsp3) is 0.370. The highest BCUT2D eigenvalue weighted by Crippen LogP contribution is 2.26. The van der Waals surface area contributed by atoms with Crippen molar-refractivity contribution in [2.45, 2.75) is 37.6 Å². The third-order valence-electron chi connectivity index (χ3n) is 7.14. The summed E-state index contributed by atoms with van der Waals surface area (Å²) in [5.41, 5.74) is 8.61. The number of morpholine rings is 1. The molecule has 0 aliphatic carbocycles. The Kier molecular flexibility index (Phi) is 7.31. The first-order chi connectivity index (χ1) is 18.8. The molecule has 39 heavy (non-hydrogen) atoms. The smallest absolute Gasteiger partial charge is 0.328 e. The molecule has 2 fully saturated rings. The van der Waals surface area contributed by atoms with E-state index >= 15 is 0 Å². The number of benzene rings is 2. The number of amidine groups is 1. The Morgan fingerprint density at radius 3 is 2.82 bits per heavy atom. The Bertz CT molecular complexity index is 1360. The molecule has 2 aromatic rings. The van der Waals surface area contributed by atoms with E-state index in [4.69, 9.17) is 15.2 Å². The molecule has 2 aromatic carbocycles. The lowest BCUT2D eigenvalue weighted by atomic mass is 10.1. The molecule has 5 rings (SSSR count). The lowest BCUT2D eigenvalue weighted by molar-refractivity contribution is -0.150. The Hall–Kier alpha value is -4.29. The normalized spacial score (nSPS) is 21.3. The van der Waals surface area contributed by atoms with Gasteiger partial charge in [-0.25, -0.2) is 4.79 Å². The highest BCUT2D eigenvalue weighted by Gasteiger charge is 2.40. The highest BCUT2D eigenvalue weighted by molar-refractivity contribution is 6.05. The number of rotatable bonds is 6. The first-order valence-corrected chi connectivity index (χ1v) is 12.6. The van der Waals surface area contributed by atoms with E-state index < -0.39 is 36.0 Å². The SMILES string of the molecule is COC(=O)C1CCCN1C(=O)c1cccc(N2CCOC(C(O)C(=O)Nc3ccc4c(c3)CN=C4N)C2=O)c1. The van der Waals surface area contributed by atoms with Gasteiger partial charge in [0.05, 0.1) is 20.3 Å². The topological polar surface area (TPSA) is 164 Å². The molecule has 3 unspecified atom stereocenters. The summed E-state index contributed by atoms with van der Waals surface area (Å²) in [7, 11) is 1.29. The van der Waals surface area contributed by atoms with Gasteiger partial charge in [-0.2, -0.15) is 0 Å². The number of nitrogens with zero attached hydrogens (tertiary/aromatic N) is 3. The van der Waals surface area contributed by atoms with Gasteiger partial charge in [-0.1, -0.05) is 6.07 Å². The second-order valence-corrected chi connectivity index (χ2v) is 9.52. The molecule has 0 aromatic heterocycles. The van der Waals surface area contributed by atoms with Gasteiger partial charge in [-0.05, 0) is 54.8 Å². The number of ether oxygens (including phenoxy) is 2. The van der Waals surface area contributed by atoms with Gasteiger partial charge in [0.15, 0.2) is 12.2 Å². The van der Waals surface area contributed by atoms with Crippen LogP contribution < -0.4 is 16.0 Å². The minimum absolute atomic E-state index is 0.0743. The summed E-state index contributed by atoms with van der Waals surface area (Å²) in [6.45, 7) is 1.07. The number of likely N-dealkylation sites (tertiary alicyclic amines) is 1. The van der Waals surface area contributed by atoms with Crippen molar-refractivity contribution in [2.75, 3.05) is 37.0 Å². The number of aliphatic hydroxyl groups is 1. The van der Waals surface area contributed by atoms with Crippen LogP contribution in [0.15, 0.2) is 47.5 Å². The third kappa shape index (κ3) is 5.08. The van der Waals surface area contributed by atoms with Crippen LogP contribution in [0.1, 0.15) is 34.3 Å². The number of anilines is 2. The van der Waals surface area contributed by atoms with E-state index in [1.54, 1.807) is 42.5 Å². The van der Waals surface area contributed by atoms with Crippen molar-refractivity contribution in [2.24, 2.45) is 10.7 Å². The Morgan fingerprint density at radius 2 is 2.03 bits per heavy atom. The van der Waals surface area contributed by atoms with Crippen LogP contribution in [0, 0.1) is 0 Å². The van der Waals surface area contributed by atoms with Crippen LogP contribution in [-0.2, 0) is 30.4 Å². The van der Waals surface area contributed by atoms with Crippen LogP contribution in [-0.4, -0.2) is 84.6 Å². The predicted molar refractivity (Wildman–Crippen MR) is 140 cm³/mol. The molecule has 3 heterocycles. The Labute approximate surface area is 224 Å². The molecule has 12 nitrogen and oxygen atoms in total. The van der Waals surface area contributed by atoms with E-state index in [2.05, 4.69) is 10.3 Å². The van der Waals surface area contributed by atoms with Crippen LogP contribution in [0.25, 0.3) is 0 Å².